The summed E-state index contributed by atoms with van der Waals surface area (Å²) in [4.78, 5) is 11.7. The molecule has 0 amide bonds. The van der Waals surface area contributed by atoms with Crippen LogP contribution in [0, 0.1) is 5.92 Å². The molecule has 4 heteroatoms. The Balaban J connectivity index is 2.01. The quantitative estimate of drug-likeness (QED) is 0.809. The van der Waals surface area contributed by atoms with E-state index in [1.165, 1.54) is 0 Å². The van der Waals surface area contributed by atoms with Crippen LogP contribution in [0.1, 0.15) is 23.1 Å². The van der Waals surface area contributed by atoms with E-state index in [1.54, 1.807) is 0 Å². The maximum absolute atomic E-state index is 11.7. The fourth-order valence-corrected chi connectivity index (χ4v) is 3.44. The summed E-state index contributed by atoms with van der Waals surface area (Å²) in [6.45, 7) is -0.0596. The van der Waals surface area contributed by atoms with Gasteiger partial charge in [-0.15, -0.1) is 0 Å². The number of aliphatic hydroxyl groups is 1. The largest absolute Gasteiger partial charge is 0.480 e. The van der Waals surface area contributed by atoms with E-state index in [0.29, 0.717) is 0 Å². The number of aliphatic carboxylic acids is 1. The molecule has 0 bridgehead atoms. The number of carboxylic acids is 1. The van der Waals surface area contributed by atoms with Gasteiger partial charge in [0, 0.05) is 24.5 Å². The van der Waals surface area contributed by atoms with Crippen molar-refractivity contribution < 1.29 is 15.0 Å². The van der Waals surface area contributed by atoms with E-state index < -0.39 is 12.0 Å². The van der Waals surface area contributed by atoms with Gasteiger partial charge in [-0.05, 0) is 11.1 Å². The Labute approximate surface area is 129 Å². The summed E-state index contributed by atoms with van der Waals surface area (Å²) in [5, 5.41) is 22.7. The molecular formula is C18H19NO3. The molecule has 0 saturated carbocycles. The fourth-order valence-electron chi connectivity index (χ4n) is 3.44. The van der Waals surface area contributed by atoms with Gasteiger partial charge in [-0.25, -0.2) is 0 Å². The molecule has 2 aromatic rings. The highest BCUT2D eigenvalue weighted by Gasteiger charge is 2.47. The van der Waals surface area contributed by atoms with E-state index >= 15 is 0 Å². The van der Waals surface area contributed by atoms with Crippen LogP contribution in [0.5, 0.6) is 0 Å². The number of carbonyl (C=O) groups is 1. The lowest BCUT2D eigenvalue weighted by Crippen LogP contribution is -2.35. The molecule has 3 N–H and O–H groups in total. The first-order chi connectivity index (χ1) is 10.7. The lowest BCUT2D eigenvalue weighted by Gasteiger charge is -2.23. The Morgan fingerprint density at radius 1 is 0.955 bits per heavy atom. The molecule has 4 atom stereocenters. The highest BCUT2D eigenvalue weighted by molar-refractivity contribution is 5.76. The molecule has 1 aliphatic heterocycles. The van der Waals surface area contributed by atoms with Crippen LogP contribution in [0.2, 0.25) is 0 Å². The van der Waals surface area contributed by atoms with E-state index in [2.05, 4.69) is 5.32 Å². The molecule has 2 aromatic carbocycles. The van der Waals surface area contributed by atoms with Crippen LogP contribution in [0.25, 0.3) is 0 Å². The molecule has 0 aromatic heterocycles. The van der Waals surface area contributed by atoms with Crippen LogP contribution in [0.15, 0.2) is 60.7 Å². The smallest absolute Gasteiger partial charge is 0.321 e. The summed E-state index contributed by atoms with van der Waals surface area (Å²) in [6.07, 6.45) is 0. The van der Waals surface area contributed by atoms with Crippen LogP contribution in [-0.2, 0) is 4.79 Å². The van der Waals surface area contributed by atoms with Gasteiger partial charge >= 0.3 is 5.97 Å². The SMILES string of the molecule is O=C(O)[C@@H]1N[C@H](c2ccccc2)[C@H](CO)[C@H]1c1ccccc1. The fraction of sp³-hybridized carbons (Fsp3) is 0.278. The lowest BCUT2D eigenvalue weighted by molar-refractivity contribution is -0.139. The summed E-state index contributed by atoms with van der Waals surface area (Å²) in [5.74, 6) is -1.31. The average molecular weight is 297 g/mol. The predicted molar refractivity (Wildman–Crippen MR) is 83.5 cm³/mol. The summed E-state index contributed by atoms with van der Waals surface area (Å²) >= 11 is 0. The molecule has 0 spiro atoms. The van der Waals surface area contributed by atoms with Gasteiger partial charge in [0.05, 0.1) is 0 Å². The van der Waals surface area contributed by atoms with Crippen molar-refractivity contribution in [2.45, 2.75) is 18.0 Å². The zero-order valence-corrected chi connectivity index (χ0v) is 12.1. The minimum absolute atomic E-state index is 0.0596. The van der Waals surface area contributed by atoms with Crippen LogP contribution < -0.4 is 5.32 Å². The van der Waals surface area contributed by atoms with Crippen molar-refractivity contribution >= 4 is 5.97 Å². The van der Waals surface area contributed by atoms with Crippen LogP contribution in [0.4, 0.5) is 0 Å². The number of carboxylic acid groups (broad SMARTS) is 1. The molecule has 3 rings (SSSR count). The van der Waals surface area contributed by atoms with Gasteiger partial charge in [0.1, 0.15) is 6.04 Å². The van der Waals surface area contributed by atoms with E-state index in [1.807, 2.05) is 60.7 Å². The van der Waals surface area contributed by atoms with Crippen molar-refractivity contribution in [2.24, 2.45) is 5.92 Å². The summed E-state index contributed by atoms with van der Waals surface area (Å²) < 4.78 is 0. The Bertz CT molecular complexity index is 629. The van der Waals surface area contributed by atoms with Crippen LogP contribution >= 0.6 is 0 Å². The van der Waals surface area contributed by atoms with Gasteiger partial charge in [0.2, 0.25) is 0 Å². The van der Waals surface area contributed by atoms with Crippen molar-refractivity contribution in [1.82, 2.24) is 5.32 Å². The van der Waals surface area contributed by atoms with E-state index in [-0.39, 0.29) is 24.5 Å². The van der Waals surface area contributed by atoms with Crippen LogP contribution in [-0.4, -0.2) is 28.8 Å². The molecule has 1 fully saturated rings. The zero-order chi connectivity index (χ0) is 15.5. The molecule has 0 aliphatic carbocycles. The lowest BCUT2D eigenvalue weighted by atomic mass is 9.80. The standard InChI is InChI=1S/C18H19NO3/c20-11-14-15(12-7-3-1-4-8-12)17(18(21)22)19-16(14)13-9-5-2-6-10-13/h1-10,14-17,19-20H,11H2,(H,21,22)/t14-,15-,16-,17-/m1/s1. The Morgan fingerprint density at radius 3 is 2.00 bits per heavy atom. The van der Waals surface area contributed by atoms with Gasteiger partial charge < -0.3 is 10.2 Å². The van der Waals surface area contributed by atoms with Crippen molar-refractivity contribution in [3.8, 4) is 0 Å². The number of benzene rings is 2. The van der Waals surface area contributed by atoms with E-state index in [0.717, 1.165) is 11.1 Å². The number of aliphatic hydroxyl groups excluding tert-OH is 1. The van der Waals surface area contributed by atoms with Gasteiger partial charge in [-0.2, -0.15) is 0 Å². The van der Waals surface area contributed by atoms with E-state index in [4.69, 9.17) is 0 Å². The number of nitrogens with one attached hydrogen (secondary N) is 1. The molecule has 4 nitrogen and oxygen atoms in total. The first-order valence-electron chi connectivity index (χ1n) is 7.42. The number of rotatable bonds is 4. The normalized spacial score (nSPS) is 27.7. The zero-order valence-electron chi connectivity index (χ0n) is 12.1. The maximum atomic E-state index is 11.7. The van der Waals surface area contributed by atoms with Crippen molar-refractivity contribution in [3.05, 3.63) is 71.8 Å². The third kappa shape index (κ3) is 2.63. The minimum Gasteiger partial charge on any atom is -0.480 e. The maximum Gasteiger partial charge on any atom is 0.321 e. The molecule has 1 aliphatic rings. The topological polar surface area (TPSA) is 69.6 Å². The second-order valence-corrected chi connectivity index (χ2v) is 5.65. The Morgan fingerprint density at radius 2 is 1.50 bits per heavy atom. The molecule has 0 unspecified atom stereocenters. The second-order valence-electron chi connectivity index (χ2n) is 5.65. The minimum atomic E-state index is -0.884. The van der Waals surface area contributed by atoms with Crippen molar-refractivity contribution in [1.29, 1.82) is 0 Å². The first-order valence-corrected chi connectivity index (χ1v) is 7.42. The van der Waals surface area contributed by atoms with Gasteiger partial charge in [-0.3, -0.25) is 10.1 Å². The molecule has 114 valence electrons. The predicted octanol–water partition coefficient (Wildman–Crippen LogP) is 2.18. The van der Waals surface area contributed by atoms with Crippen LogP contribution in [0.3, 0.4) is 0 Å². The second kappa shape index (κ2) is 6.30. The molecule has 0 radical (unpaired) electrons. The summed E-state index contributed by atoms with van der Waals surface area (Å²) in [6, 6.07) is 18.4. The molecular weight excluding hydrogens is 278 g/mol. The third-order valence-corrected chi connectivity index (χ3v) is 4.43. The van der Waals surface area contributed by atoms with Gasteiger partial charge in [-0.1, -0.05) is 60.7 Å². The molecule has 22 heavy (non-hydrogen) atoms. The van der Waals surface area contributed by atoms with Gasteiger partial charge in [0.25, 0.3) is 0 Å². The third-order valence-electron chi connectivity index (χ3n) is 4.43. The van der Waals surface area contributed by atoms with Crippen molar-refractivity contribution in [2.75, 3.05) is 6.61 Å². The van der Waals surface area contributed by atoms with Gasteiger partial charge in [0.15, 0.2) is 0 Å². The first kappa shape index (κ1) is 14.8. The number of hydrogen-bond acceptors (Lipinski definition) is 3. The molecule has 1 saturated heterocycles. The molecule has 1 heterocycles. The number of hydrogen-bond donors (Lipinski definition) is 3. The summed E-state index contributed by atoms with van der Waals surface area (Å²) in [5.41, 5.74) is 1.95. The Hall–Kier alpha value is -2.17. The summed E-state index contributed by atoms with van der Waals surface area (Å²) in [7, 11) is 0. The Kier molecular flexibility index (Phi) is 4.22. The van der Waals surface area contributed by atoms with Crippen molar-refractivity contribution in [3.63, 3.8) is 0 Å². The average Bonchev–Trinajstić information content (AvgIpc) is 2.96. The monoisotopic (exact) mass is 297 g/mol. The van der Waals surface area contributed by atoms with E-state index in [9.17, 15) is 15.0 Å². The highest BCUT2D eigenvalue weighted by atomic mass is 16.4. The highest BCUT2D eigenvalue weighted by Crippen LogP contribution is 2.43.